The van der Waals surface area contributed by atoms with Crippen LogP contribution in [0.4, 0.5) is 4.79 Å². The molecule has 0 saturated carbocycles. The SMILES string of the molecule is CCC(CC)O[C@@H]1C=C(C#N)C[C@H](NC(=O)OC(C)(C)C)[C@H]1NC(C)=O. The Bertz CT molecular complexity index is 570. The van der Waals surface area contributed by atoms with Crippen molar-refractivity contribution in [3.05, 3.63) is 11.6 Å². The van der Waals surface area contributed by atoms with Gasteiger partial charge in [-0.1, -0.05) is 13.8 Å². The molecule has 0 radical (unpaired) electrons. The van der Waals surface area contributed by atoms with E-state index in [0.717, 1.165) is 12.8 Å². The van der Waals surface area contributed by atoms with Crippen molar-refractivity contribution in [3.63, 3.8) is 0 Å². The number of amides is 2. The molecule has 1 aliphatic rings. The third-order valence-corrected chi connectivity index (χ3v) is 4.07. The molecule has 2 amide bonds. The van der Waals surface area contributed by atoms with Crippen molar-refractivity contribution >= 4 is 12.0 Å². The second-order valence-electron chi connectivity index (χ2n) is 7.53. The smallest absolute Gasteiger partial charge is 0.407 e. The van der Waals surface area contributed by atoms with E-state index >= 15 is 0 Å². The molecule has 3 atom stereocenters. The number of nitrogens with one attached hydrogen (secondary N) is 2. The van der Waals surface area contributed by atoms with Gasteiger partial charge in [-0.2, -0.15) is 5.26 Å². The number of ether oxygens (including phenoxy) is 2. The van der Waals surface area contributed by atoms with Gasteiger partial charge in [0.15, 0.2) is 0 Å². The number of rotatable bonds is 6. The molecule has 26 heavy (non-hydrogen) atoms. The van der Waals surface area contributed by atoms with Crippen LogP contribution in [-0.2, 0) is 14.3 Å². The Morgan fingerprint density at radius 3 is 2.38 bits per heavy atom. The Kier molecular flexibility index (Phi) is 8.09. The van der Waals surface area contributed by atoms with Crippen LogP contribution in [-0.4, -0.2) is 41.9 Å². The molecule has 0 aromatic carbocycles. The first-order valence-corrected chi connectivity index (χ1v) is 9.12. The van der Waals surface area contributed by atoms with Crippen LogP contribution >= 0.6 is 0 Å². The summed E-state index contributed by atoms with van der Waals surface area (Å²) in [7, 11) is 0. The summed E-state index contributed by atoms with van der Waals surface area (Å²) in [5.41, 5.74) is -0.120. The first-order valence-electron chi connectivity index (χ1n) is 9.12. The minimum atomic E-state index is -0.637. The van der Waals surface area contributed by atoms with Gasteiger partial charge in [-0.3, -0.25) is 4.79 Å². The summed E-state index contributed by atoms with van der Waals surface area (Å²) in [6.45, 7) is 10.8. The lowest BCUT2D eigenvalue weighted by atomic mass is 9.88. The van der Waals surface area contributed by atoms with E-state index in [1.807, 2.05) is 13.8 Å². The van der Waals surface area contributed by atoms with Crippen molar-refractivity contribution in [3.8, 4) is 6.07 Å². The highest BCUT2D eigenvalue weighted by Crippen LogP contribution is 2.24. The van der Waals surface area contributed by atoms with Gasteiger partial charge < -0.3 is 20.1 Å². The highest BCUT2D eigenvalue weighted by atomic mass is 16.6. The normalized spacial score (nSPS) is 23.0. The average Bonchev–Trinajstić information content (AvgIpc) is 2.52. The van der Waals surface area contributed by atoms with Crippen LogP contribution in [0.5, 0.6) is 0 Å². The second kappa shape index (κ2) is 9.58. The molecule has 0 heterocycles. The van der Waals surface area contributed by atoms with E-state index < -0.39 is 29.9 Å². The lowest BCUT2D eigenvalue weighted by molar-refractivity contribution is -0.121. The first kappa shape index (κ1) is 22.0. The quantitative estimate of drug-likeness (QED) is 0.754. The summed E-state index contributed by atoms with van der Waals surface area (Å²) in [4.78, 5) is 23.9. The van der Waals surface area contributed by atoms with Crippen LogP contribution in [0.3, 0.4) is 0 Å². The molecule has 7 nitrogen and oxygen atoms in total. The maximum atomic E-state index is 12.2. The molecule has 2 N–H and O–H groups in total. The molecule has 1 aliphatic carbocycles. The Hall–Kier alpha value is -2.07. The first-order chi connectivity index (χ1) is 12.1. The van der Waals surface area contributed by atoms with Gasteiger partial charge in [0.2, 0.25) is 5.91 Å². The zero-order valence-electron chi connectivity index (χ0n) is 16.6. The fourth-order valence-corrected chi connectivity index (χ4v) is 2.89. The molecule has 0 spiro atoms. The maximum absolute atomic E-state index is 12.2. The molecule has 0 aromatic heterocycles. The Morgan fingerprint density at radius 2 is 1.92 bits per heavy atom. The minimum Gasteiger partial charge on any atom is -0.444 e. The predicted octanol–water partition coefficient (Wildman–Crippen LogP) is 2.81. The van der Waals surface area contributed by atoms with Crippen molar-refractivity contribution in [2.24, 2.45) is 0 Å². The largest absolute Gasteiger partial charge is 0.444 e. The molecule has 0 fully saturated rings. The van der Waals surface area contributed by atoms with E-state index in [2.05, 4.69) is 16.7 Å². The predicted molar refractivity (Wildman–Crippen MR) is 98.3 cm³/mol. The topological polar surface area (TPSA) is 100 Å². The number of nitriles is 1. The van der Waals surface area contributed by atoms with Gasteiger partial charge in [-0.25, -0.2) is 4.79 Å². The van der Waals surface area contributed by atoms with Gasteiger partial charge in [-0.15, -0.1) is 0 Å². The third-order valence-electron chi connectivity index (χ3n) is 4.07. The number of nitrogens with zero attached hydrogens (tertiary/aromatic N) is 1. The van der Waals surface area contributed by atoms with E-state index in [1.165, 1.54) is 6.92 Å². The number of carbonyl (C=O) groups excluding carboxylic acids is 2. The molecular formula is C19H31N3O4. The van der Waals surface area contributed by atoms with Gasteiger partial charge in [0.05, 0.1) is 30.4 Å². The summed E-state index contributed by atoms with van der Waals surface area (Å²) in [5.74, 6) is -0.224. The third kappa shape index (κ3) is 7.04. The highest BCUT2D eigenvalue weighted by molar-refractivity contribution is 5.74. The average molecular weight is 365 g/mol. The number of carbonyl (C=O) groups is 2. The van der Waals surface area contributed by atoms with E-state index in [0.29, 0.717) is 12.0 Å². The van der Waals surface area contributed by atoms with Crippen LogP contribution in [0.15, 0.2) is 11.6 Å². The number of hydrogen-bond donors (Lipinski definition) is 2. The van der Waals surface area contributed by atoms with Crippen molar-refractivity contribution in [1.29, 1.82) is 5.26 Å². The van der Waals surface area contributed by atoms with E-state index in [4.69, 9.17) is 9.47 Å². The summed E-state index contributed by atoms with van der Waals surface area (Å²) in [5, 5.41) is 15.0. The Labute approximate surface area is 156 Å². The van der Waals surface area contributed by atoms with Gasteiger partial charge >= 0.3 is 6.09 Å². The molecular weight excluding hydrogens is 334 g/mol. The number of alkyl carbamates (subject to hydrolysis) is 1. The van der Waals surface area contributed by atoms with Crippen LogP contribution in [0.2, 0.25) is 0 Å². The Balaban J connectivity index is 3.05. The van der Waals surface area contributed by atoms with E-state index in [9.17, 15) is 14.9 Å². The summed E-state index contributed by atoms with van der Waals surface area (Å²) in [6.07, 6.45) is 2.62. The maximum Gasteiger partial charge on any atom is 0.407 e. The van der Waals surface area contributed by atoms with Crippen LogP contribution in [0.1, 0.15) is 60.8 Å². The standard InChI is InChI=1S/C19H31N3O4/c1-7-14(8-2)25-16-10-13(11-20)9-15(17(16)21-12(3)23)22-18(24)26-19(4,5)6/h10,14-17H,7-9H2,1-6H3,(H,21,23)(H,22,24)/t15-,16+,17+/m0/s1. The lowest BCUT2D eigenvalue weighted by Gasteiger charge is -2.38. The molecule has 146 valence electrons. The van der Waals surface area contributed by atoms with Crippen molar-refractivity contribution in [2.45, 2.75) is 90.7 Å². The zero-order valence-corrected chi connectivity index (χ0v) is 16.6. The summed E-state index contributed by atoms with van der Waals surface area (Å²) >= 11 is 0. The van der Waals surface area contributed by atoms with E-state index in [-0.39, 0.29) is 12.0 Å². The minimum absolute atomic E-state index is 0.00716. The summed E-state index contributed by atoms with van der Waals surface area (Å²) in [6, 6.07) is 1.18. The van der Waals surface area contributed by atoms with Crippen LogP contribution in [0, 0.1) is 11.3 Å². The molecule has 0 saturated heterocycles. The molecule has 0 aromatic rings. The fraction of sp³-hybridized carbons (Fsp3) is 0.737. The van der Waals surface area contributed by atoms with Crippen molar-refractivity contribution in [1.82, 2.24) is 10.6 Å². The fourth-order valence-electron chi connectivity index (χ4n) is 2.89. The van der Waals surface area contributed by atoms with Gasteiger partial charge in [0.25, 0.3) is 0 Å². The molecule has 7 heteroatoms. The molecule has 1 rings (SSSR count). The van der Waals surface area contributed by atoms with Gasteiger partial charge in [0.1, 0.15) is 5.60 Å². The zero-order chi connectivity index (χ0) is 19.9. The van der Waals surface area contributed by atoms with E-state index in [1.54, 1.807) is 26.8 Å². The summed E-state index contributed by atoms with van der Waals surface area (Å²) < 4.78 is 11.4. The van der Waals surface area contributed by atoms with Crippen LogP contribution in [0.25, 0.3) is 0 Å². The highest BCUT2D eigenvalue weighted by Gasteiger charge is 2.37. The monoisotopic (exact) mass is 365 g/mol. The van der Waals surface area contributed by atoms with Crippen molar-refractivity contribution in [2.75, 3.05) is 0 Å². The lowest BCUT2D eigenvalue weighted by Crippen LogP contribution is -2.59. The second-order valence-corrected chi connectivity index (χ2v) is 7.53. The van der Waals surface area contributed by atoms with Gasteiger partial charge in [-0.05, 0) is 39.7 Å². The Morgan fingerprint density at radius 1 is 1.31 bits per heavy atom. The van der Waals surface area contributed by atoms with Crippen molar-refractivity contribution < 1.29 is 19.1 Å². The number of hydrogen-bond acceptors (Lipinski definition) is 5. The molecule has 0 aliphatic heterocycles. The molecule has 0 bridgehead atoms. The van der Waals surface area contributed by atoms with Crippen LogP contribution < -0.4 is 10.6 Å². The molecule has 0 unspecified atom stereocenters. The van der Waals surface area contributed by atoms with Gasteiger partial charge in [0, 0.05) is 18.9 Å².